The Bertz CT molecular complexity index is 588. The molecule has 0 saturated heterocycles. The third-order valence-electron chi connectivity index (χ3n) is 4.34. The highest BCUT2D eigenvalue weighted by atomic mass is 79.9. The second-order valence-corrected chi connectivity index (χ2v) is 7.21. The Hall–Kier alpha value is -0.830. The average molecular weight is 365 g/mol. The fourth-order valence-electron chi connectivity index (χ4n) is 2.96. The predicted octanol–water partition coefficient (Wildman–Crippen LogP) is 5.70. The molecule has 3 rings (SSSR count). The molecule has 1 fully saturated rings. The van der Waals surface area contributed by atoms with Crippen molar-refractivity contribution in [2.45, 2.75) is 37.8 Å². The molecule has 3 heteroatoms. The molecule has 0 aliphatic heterocycles. The molecule has 110 valence electrons. The molecule has 1 unspecified atom stereocenters. The number of rotatable bonds is 4. The van der Waals surface area contributed by atoms with Crippen LogP contribution >= 0.6 is 27.5 Å². The third-order valence-corrected chi connectivity index (χ3v) is 5.12. The molecule has 1 aliphatic carbocycles. The van der Waals surface area contributed by atoms with Gasteiger partial charge >= 0.3 is 0 Å². The van der Waals surface area contributed by atoms with E-state index in [-0.39, 0.29) is 0 Å². The number of hydrogen-bond acceptors (Lipinski definition) is 1. The first-order chi connectivity index (χ1) is 10.1. The van der Waals surface area contributed by atoms with Crippen molar-refractivity contribution in [1.82, 2.24) is 5.32 Å². The lowest BCUT2D eigenvalue weighted by atomic mass is 9.75. The van der Waals surface area contributed by atoms with Gasteiger partial charge in [-0.25, -0.2) is 0 Å². The van der Waals surface area contributed by atoms with Gasteiger partial charge in [-0.2, -0.15) is 0 Å². The fourth-order valence-corrected chi connectivity index (χ4v) is 3.35. The van der Waals surface area contributed by atoms with Crippen LogP contribution in [0.5, 0.6) is 0 Å². The summed E-state index contributed by atoms with van der Waals surface area (Å²) in [7, 11) is 0. The Morgan fingerprint density at radius 2 is 1.67 bits per heavy atom. The van der Waals surface area contributed by atoms with Gasteiger partial charge in [0, 0.05) is 21.6 Å². The molecule has 0 aromatic heterocycles. The quantitative estimate of drug-likeness (QED) is 0.734. The van der Waals surface area contributed by atoms with E-state index in [2.05, 4.69) is 64.6 Å². The van der Waals surface area contributed by atoms with Crippen LogP contribution in [0, 0.1) is 0 Å². The zero-order valence-electron chi connectivity index (χ0n) is 12.0. The summed E-state index contributed by atoms with van der Waals surface area (Å²) in [5, 5.41) is 4.51. The minimum absolute atomic E-state index is 0.373. The van der Waals surface area contributed by atoms with Crippen molar-refractivity contribution in [2.75, 3.05) is 0 Å². The lowest BCUT2D eigenvalue weighted by Crippen LogP contribution is -2.41. The summed E-state index contributed by atoms with van der Waals surface area (Å²) >= 11 is 9.42. The van der Waals surface area contributed by atoms with Crippen LogP contribution in [0.1, 0.15) is 42.9 Å². The molecule has 1 nitrogen and oxygen atoms in total. The Labute approximate surface area is 139 Å². The molecule has 1 atom stereocenters. The molecule has 2 aromatic carbocycles. The Kier molecular flexibility index (Phi) is 4.68. The van der Waals surface area contributed by atoms with Crippen molar-refractivity contribution in [2.24, 2.45) is 0 Å². The van der Waals surface area contributed by atoms with E-state index in [0.29, 0.717) is 18.0 Å². The Morgan fingerprint density at radius 3 is 2.29 bits per heavy atom. The molecule has 0 bridgehead atoms. The highest BCUT2D eigenvalue weighted by Crippen LogP contribution is 2.38. The normalized spacial score (nSPS) is 22.6. The Balaban J connectivity index is 1.52. The van der Waals surface area contributed by atoms with E-state index < -0.39 is 0 Å². The molecule has 0 amide bonds. The topological polar surface area (TPSA) is 12.0 Å². The second-order valence-electron chi connectivity index (χ2n) is 5.86. The molecule has 21 heavy (non-hydrogen) atoms. The van der Waals surface area contributed by atoms with Crippen LogP contribution in [-0.2, 0) is 0 Å². The van der Waals surface area contributed by atoms with Gasteiger partial charge in [0.15, 0.2) is 0 Å². The van der Waals surface area contributed by atoms with Gasteiger partial charge in [-0.3, -0.25) is 0 Å². The minimum atomic E-state index is 0.373. The lowest BCUT2D eigenvalue weighted by molar-refractivity contribution is 0.271. The van der Waals surface area contributed by atoms with Crippen LogP contribution in [0.25, 0.3) is 0 Å². The first-order valence-electron chi connectivity index (χ1n) is 7.39. The standard InChI is InChI=1S/C18H19BrClN/c1-12(13-4-8-17(20)9-5-13)21-18-10-15(11-18)14-2-6-16(19)7-3-14/h2-9,12,15,18,21H,10-11H2,1H3. The van der Waals surface area contributed by atoms with Crippen LogP contribution in [0.4, 0.5) is 0 Å². The van der Waals surface area contributed by atoms with E-state index in [9.17, 15) is 0 Å². The second kappa shape index (κ2) is 6.51. The molecule has 0 heterocycles. The largest absolute Gasteiger partial charge is 0.307 e. The fraction of sp³-hybridized carbons (Fsp3) is 0.333. The molecule has 1 aliphatic rings. The average Bonchev–Trinajstić information content (AvgIpc) is 2.44. The van der Waals surface area contributed by atoms with Crippen molar-refractivity contribution >= 4 is 27.5 Å². The summed E-state index contributed by atoms with van der Waals surface area (Å²) in [4.78, 5) is 0. The highest BCUT2D eigenvalue weighted by Gasteiger charge is 2.30. The number of halogens is 2. The molecule has 0 radical (unpaired) electrons. The zero-order chi connectivity index (χ0) is 14.8. The zero-order valence-corrected chi connectivity index (χ0v) is 14.4. The van der Waals surface area contributed by atoms with Crippen molar-refractivity contribution in [3.8, 4) is 0 Å². The van der Waals surface area contributed by atoms with Crippen LogP contribution in [-0.4, -0.2) is 6.04 Å². The maximum Gasteiger partial charge on any atom is 0.0406 e. The SMILES string of the molecule is CC(NC1CC(c2ccc(Br)cc2)C1)c1ccc(Cl)cc1. The number of benzene rings is 2. The summed E-state index contributed by atoms with van der Waals surface area (Å²) in [6.07, 6.45) is 2.44. The van der Waals surface area contributed by atoms with E-state index in [0.717, 1.165) is 9.50 Å². The van der Waals surface area contributed by atoms with Crippen molar-refractivity contribution in [3.05, 3.63) is 69.2 Å². The number of hydrogen-bond donors (Lipinski definition) is 1. The minimum Gasteiger partial charge on any atom is -0.307 e. The third kappa shape index (κ3) is 3.68. The van der Waals surface area contributed by atoms with Gasteiger partial charge < -0.3 is 5.32 Å². The van der Waals surface area contributed by atoms with Gasteiger partial charge in [-0.1, -0.05) is 51.8 Å². The first-order valence-corrected chi connectivity index (χ1v) is 8.56. The molecular weight excluding hydrogens is 346 g/mol. The monoisotopic (exact) mass is 363 g/mol. The van der Waals surface area contributed by atoms with Gasteiger partial charge in [0.25, 0.3) is 0 Å². The van der Waals surface area contributed by atoms with E-state index in [1.165, 1.54) is 24.0 Å². The molecule has 1 N–H and O–H groups in total. The van der Waals surface area contributed by atoms with Gasteiger partial charge in [-0.15, -0.1) is 0 Å². The number of nitrogens with one attached hydrogen (secondary N) is 1. The summed E-state index contributed by atoms with van der Waals surface area (Å²) in [6.45, 7) is 2.22. The van der Waals surface area contributed by atoms with E-state index in [4.69, 9.17) is 11.6 Å². The summed E-state index contributed by atoms with van der Waals surface area (Å²) in [5.41, 5.74) is 2.75. The Morgan fingerprint density at radius 1 is 1.05 bits per heavy atom. The van der Waals surface area contributed by atoms with Crippen molar-refractivity contribution in [3.63, 3.8) is 0 Å². The molecule has 1 saturated carbocycles. The van der Waals surface area contributed by atoms with Crippen LogP contribution in [0.2, 0.25) is 5.02 Å². The van der Waals surface area contributed by atoms with Gasteiger partial charge in [0.05, 0.1) is 0 Å². The lowest BCUT2D eigenvalue weighted by Gasteiger charge is -2.38. The molecular formula is C18H19BrClN. The summed E-state index contributed by atoms with van der Waals surface area (Å²) < 4.78 is 1.15. The van der Waals surface area contributed by atoms with Crippen LogP contribution in [0.15, 0.2) is 53.0 Å². The maximum atomic E-state index is 5.93. The van der Waals surface area contributed by atoms with Crippen LogP contribution in [0.3, 0.4) is 0 Å². The van der Waals surface area contributed by atoms with E-state index in [1.807, 2.05) is 12.1 Å². The maximum absolute atomic E-state index is 5.93. The molecule has 0 spiro atoms. The summed E-state index contributed by atoms with van der Waals surface area (Å²) in [6, 6.07) is 17.8. The van der Waals surface area contributed by atoms with Crippen LogP contribution < -0.4 is 5.32 Å². The molecule has 2 aromatic rings. The van der Waals surface area contributed by atoms with E-state index in [1.54, 1.807) is 0 Å². The van der Waals surface area contributed by atoms with E-state index >= 15 is 0 Å². The highest BCUT2D eigenvalue weighted by molar-refractivity contribution is 9.10. The first kappa shape index (κ1) is 15.1. The van der Waals surface area contributed by atoms with Gasteiger partial charge in [-0.05, 0) is 61.1 Å². The van der Waals surface area contributed by atoms with Crippen molar-refractivity contribution in [1.29, 1.82) is 0 Å². The van der Waals surface area contributed by atoms with Crippen molar-refractivity contribution < 1.29 is 0 Å². The predicted molar refractivity (Wildman–Crippen MR) is 92.9 cm³/mol. The van der Waals surface area contributed by atoms with Gasteiger partial charge in [0.1, 0.15) is 0 Å². The summed E-state index contributed by atoms with van der Waals surface area (Å²) in [5.74, 6) is 0.702. The smallest absolute Gasteiger partial charge is 0.0406 e. The van der Waals surface area contributed by atoms with Gasteiger partial charge in [0.2, 0.25) is 0 Å².